The van der Waals surface area contributed by atoms with Gasteiger partial charge in [0.25, 0.3) is 0 Å². The van der Waals surface area contributed by atoms with E-state index in [2.05, 4.69) is 68.9 Å². The Bertz CT molecular complexity index is 358. The highest BCUT2D eigenvalue weighted by Crippen LogP contribution is 2.34. The molecule has 0 aliphatic carbocycles. The van der Waals surface area contributed by atoms with Crippen molar-refractivity contribution in [3.63, 3.8) is 0 Å². The Morgan fingerprint density at radius 3 is 1.59 bits per heavy atom. The molecule has 1 unspecified atom stereocenters. The molecule has 8 heteroatoms. The maximum absolute atomic E-state index is 9.97. The number of hydrogen-bond acceptors (Lipinski definition) is 2. The number of aliphatic imine (C=N–C) groups is 1. The molecule has 0 aromatic heterocycles. The Kier molecular flexibility index (Phi) is 7.36. The molecule has 0 saturated heterocycles. The fourth-order valence-electron chi connectivity index (χ4n) is 4.65. The van der Waals surface area contributed by atoms with Crippen LogP contribution in [0.1, 0.15) is 19.8 Å². The van der Waals surface area contributed by atoms with Crippen LogP contribution in [0.3, 0.4) is 0 Å². The second kappa shape index (κ2) is 7.33. The van der Waals surface area contributed by atoms with Gasteiger partial charge in [-0.15, -0.1) is 0 Å². The fourth-order valence-corrected chi connectivity index (χ4v) is 98.5. The van der Waals surface area contributed by atoms with Crippen LogP contribution in [0.25, 0.3) is 0 Å². The molecule has 0 aromatic rings. The third kappa shape index (κ3) is 4.80. The molecule has 0 aliphatic heterocycles. The summed E-state index contributed by atoms with van der Waals surface area (Å²) in [5, 5.41) is 9.97. The lowest BCUT2D eigenvalue weighted by Crippen LogP contribution is -2.90. The quantitative estimate of drug-likeness (QED) is 0.362. The second-order valence-electron chi connectivity index (χ2n) is 9.41. The van der Waals surface area contributed by atoms with Crippen molar-refractivity contribution in [3.8, 4) is 0 Å². The van der Waals surface area contributed by atoms with Gasteiger partial charge in [0.2, 0.25) is 0 Å². The normalized spacial score (nSPS) is 16.6. The molecule has 22 heavy (non-hydrogen) atoms. The van der Waals surface area contributed by atoms with Crippen LogP contribution in [0, 0.1) is 0 Å². The molecule has 0 radical (unpaired) electrons. The highest BCUT2D eigenvalue weighted by Gasteiger charge is 2.62. The van der Waals surface area contributed by atoms with Crippen molar-refractivity contribution in [2.45, 2.75) is 84.9 Å². The van der Waals surface area contributed by atoms with Crippen LogP contribution < -0.4 is 10.7 Å². The van der Waals surface area contributed by atoms with Crippen molar-refractivity contribution in [1.82, 2.24) is 4.98 Å². The van der Waals surface area contributed by atoms with Gasteiger partial charge in [0, 0.05) is 0 Å². The Morgan fingerprint density at radius 2 is 1.32 bits per heavy atom. The zero-order valence-electron chi connectivity index (χ0n) is 16.5. The van der Waals surface area contributed by atoms with E-state index in [0.717, 1.165) is 6.42 Å². The van der Waals surface area contributed by atoms with Crippen molar-refractivity contribution in [2.75, 3.05) is 0 Å². The summed E-state index contributed by atoms with van der Waals surface area (Å²) in [4.78, 5) is 8.16. The molecule has 0 bridgehead atoms. The Labute approximate surface area is 141 Å². The van der Waals surface area contributed by atoms with E-state index < -0.39 is 35.8 Å². The van der Waals surface area contributed by atoms with Gasteiger partial charge in [-0.1, -0.05) is 72.3 Å². The SMILES string of the molecule is CCCC(O)N=C(N)N[Si]([Si](C)(C)C)([Si](C)(C)C)[Si](C)(C)C. The smallest absolute Gasteiger partial charge is 0.182 e. The monoisotopic (exact) mass is 377 g/mol. The predicted molar refractivity (Wildman–Crippen MR) is 111 cm³/mol. The van der Waals surface area contributed by atoms with E-state index in [1.807, 2.05) is 6.92 Å². The largest absolute Gasteiger partial charge is 0.389 e. The number of hydrogen-bond donors (Lipinski definition) is 3. The summed E-state index contributed by atoms with van der Waals surface area (Å²) in [6.45, 7) is 22.8. The van der Waals surface area contributed by atoms with Crippen LogP contribution in [0.4, 0.5) is 0 Å². The zero-order valence-corrected chi connectivity index (χ0v) is 20.5. The van der Waals surface area contributed by atoms with Crippen LogP contribution in [0.5, 0.6) is 0 Å². The molecule has 0 spiro atoms. The third-order valence-corrected chi connectivity index (χ3v) is 73.8. The van der Waals surface area contributed by atoms with E-state index in [4.69, 9.17) is 5.73 Å². The first kappa shape index (κ1) is 22.1. The zero-order chi connectivity index (χ0) is 18.0. The third-order valence-electron chi connectivity index (χ3n) is 4.53. The minimum atomic E-state index is -1.75. The summed E-state index contributed by atoms with van der Waals surface area (Å²) < 4.78 is 0. The summed E-state index contributed by atoms with van der Waals surface area (Å²) >= 11 is 0. The van der Waals surface area contributed by atoms with Crippen LogP contribution in [0.15, 0.2) is 4.99 Å². The van der Waals surface area contributed by atoms with Crippen LogP contribution >= 0.6 is 0 Å². The lowest BCUT2D eigenvalue weighted by atomic mass is 10.3. The van der Waals surface area contributed by atoms with Crippen molar-refractivity contribution < 1.29 is 5.11 Å². The maximum atomic E-state index is 9.97. The molecule has 4 N–H and O–H groups in total. The standard InChI is InChI=1S/C14H39N3OSi4/c1-11-12-13(18)16-14(15)17-22(19(2,3)4,20(5,6)7)21(8,9)10/h13,18H,11-12H2,1-10H3,(H3,15,16,17). The topological polar surface area (TPSA) is 70.6 Å². The Morgan fingerprint density at radius 1 is 0.955 bits per heavy atom. The molecule has 0 fully saturated rings. The summed E-state index contributed by atoms with van der Waals surface area (Å²) in [6.07, 6.45) is 0.912. The highest BCUT2D eigenvalue weighted by atomic mass is 29.9. The lowest BCUT2D eigenvalue weighted by molar-refractivity contribution is 0.173. The molecular formula is C14H39N3OSi4. The van der Waals surface area contributed by atoms with Gasteiger partial charge in [-0.25, -0.2) is 4.99 Å². The fraction of sp³-hybridized carbons (Fsp3) is 0.929. The second-order valence-corrected chi connectivity index (χ2v) is 49.4. The van der Waals surface area contributed by atoms with E-state index in [1.165, 1.54) is 0 Å². The lowest BCUT2D eigenvalue weighted by Gasteiger charge is -2.57. The van der Waals surface area contributed by atoms with Crippen molar-refractivity contribution in [1.29, 1.82) is 0 Å². The Balaban J connectivity index is 5.92. The maximum Gasteiger partial charge on any atom is 0.182 e. The first-order valence-electron chi connectivity index (χ1n) is 8.39. The van der Waals surface area contributed by atoms with E-state index >= 15 is 0 Å². The summed E-state index contributed by atoms with van der Waals surface area (Å²) in [5.74, 6) is 0.486. The molecule has 0 amide bonds. The molecular weight excluding hydrogens is 339 g/mol. The summed E-state index contributed by atoms with van der Waals surface area (Å²) in [7, 11) is -4.29. The van der Waals surface area contributed by atoms with Gasteiger partial charge < -0.3 is 15.8 Å². The molecule has 132 valence electrons. The van der Waals surface area contributed by atoms with Crippen molar-refractivity contribution in [3.05, 3.63) is 0 Å². The molecule has 0 saturated carbocycles. The van der Waals surface area contributed by atoms with Crippen LogP contribution in [-0.4, -0.2) is 46.9 Å². The number of nitrogens with two attached hydrogens (primary N) is 1. The summed E-state index contributed by atoms with van der Waals surface area (Å²) in [5.41, 5.74) is 6.26. The number of nitrogens with zero attached hydrogens (tertiary/aromatic N) is 1. The van der Waals surface area contributed by atoms with E-state index in [0.29, 0.717) is 12.4 Å². The van der Waals surface area contributed by atoms with Gasteiger partial charge in [-0.2, -0.15) is 0 Å². The minimum Gasteiger partial charge on any atom is -0.389 e. The van der Waals surface area contributed by atoms with Crippen molar-refractivity contribution >= 4 is 35.5 Å². The average Bonchev–Trinajstić information content (AvgIpc) is 2.20. The van der Waals surface area contributed by atoms with E-state index in [-0.39, 0.29) is 0 Å². The van der Waals surface area contributed by atoms with Gasteiger partial charge in [0.15, 0.2) is 5.96 Å². The number of nitrogens with one attached hydrogen (secondary N) is 1. The molecule has 4 nitrogen and oxygen atoms in total. The number of aliphatic hydroxyl groups is 1. The van der Waals surface area contributed by atoms with Crippen LogP contribution in [0.2, 0.25) is 58.9 Å². The average molecular weight is 378 g/mol. The highest BCUT2D eigenvalue weighted by molar-refractivity contribution is 7.88. The first-order valence-corrected chi connectivity index (χ1v) is 23.9. The number of aliphatic hydroxyl groups excluding tert-OH is 1. The first-order chi connectivity index (χ1) is 9.60. The van der Waals surface area contributed by atoms with E-state index in [1.54, 1.807) is 0 Å². The molecule has 0 aromatic carbocycles. The molecule has 1 atom stereocenters. The summed E-state index contributed by atoms with van der Waals surface area (Å²) in [6, 6.07) is 0. The van der Waals surface area contributed by atoms with Gasteiger partial charge in [-0.3, -0.25) is 0 Å². The van der Waals surface area contributed by atoms with E-state index in [9.17, 15) is 5.11 Å². The minimum absolute atomic E-state index is 0.486. The van der Waals surface area contributed by atoms with Gasteiger partial charge >= 0.3 is 0 Å². The van der Waals surface area contributed by atoms with Gasteiger partial charge in [-0.05, 0) is 6.42 Å². The molecule has 0 heterocycles. The van der Waals surface area contributed by atoms with Gasteiger partial charge in [0.05, 0.1) is 22.8 Å². The predicted octanol–water partition coefficient (Wildman–Crippen LogP) is 3.20. The van der Waals surface area contributed by atoms with Gasteiger partial charge in [0.1, 0.15) is 13.0 Å². The Hall–Kier alpha value is 0.0975. The number of guanidine groups is 1. The number of rotatable bonds is 7. The van der Waals surface area contributed by atoms with Crippen molar-refractivity contribution in [2.24, 2.45) is 10.7 Å². The molecule has 0 aliphatic rings. The molecule has 0 rings (SSSR count). The van der Waals surface area contributed by atoms with Crippen LogP contribution in [-0.2, 0) is 0 Å².